The van der Waals surface area contributed by atoms with Gasteiger partial charge in [0.05, 0.1) is 22.8 Å². The van der Waals surface area contributed by atoms with Crippen molar-refractivity contribution in [2.75, 3.05) is 11.9 Å². The van der Waals surface area contributed by atoms with Crippen LogP contribution in [0.2, 0.25) is 0 Å². The Balaban J connectivity index is 1.32. The van der Waals surface area contributed by atoms with Crippen LogP contribution in [-0.4, -0.2) is 43.9 Å². The van der Waals surface area contributed by atoms with Crippen LogP contribution < -0.4 is 5.32 Å². The highest BCUT2D eigenvalue weighted by Crippen LogP contribution is 2.26. The fraction of sp³-hybridized carbons (Fsp3) is 0.185. The first-order valence-electron chi connectivity index (χ1n) is 11.5. The smallest absolute Gasteiger partial charge is 0.261 e. The molecule has 3 heterocycles. The number of carbonyl (C=O) groups excluding carboxylic acids is 3. The Hall–Kier alpha value is -4.84. The van der Waals surface area contributed by atoms with Crippen molar-refractivity contribution >= 4 is 34.4 Å². The van der Waals surface area contributed by atoms with Gasteiger partial charge in [0.25, 0.3) is 11.8 Å². The summed E-state index contributed by atoms with van der Waals surface area (Å²) in [5.41, 5.74) is 3.77. The van der Waals surface area contributed by atoms with Gasteiger partial charge >= 0.3 is 0 Å². The topological polar surface area (TPSA) is 121 Å². The quantitative estimate of drug-likeness (QED) is 0.419. The lowest BCUT2D eigenvalue weighted by Gasteiger charge is -2.14. The Morgan fingerprint density at radius 1 is 1.03 bits per heavy atom. The van der Waals surface area contributed by atoms with Crippen LogP contribution in [0.25, 0.3) is 16.7 Å². The molecule has 0 fully saturated rings. The number of imide groups is 1. The SMILES string of the molecule is Cc1cc(-n2ncc(C#N)c2NC(=O)CCCN2C(=O)c3ccccc3C2=O)nc2c(C)cccc12. The van der Waals surface area contributed by atoms with Gasteiger partial charge in [-0.1, -0.05) is 30.3 Å². The van der Waals surface area contributed by atoms with E-state index < -0.39 is 0 Å². The molecule has 0 unspecified atom stereocenters. The Labute approximate surface area is 207 Å². The molecule has 0 bridgehead atoms. The van der Waals surface area contributed by atoms with Crippen molar-refractivity contribution in [3.05, 3.63) is 82.5 Å². The molecular formula is C27H22N6O3. The largest absolute Gasteiger partial charge is 0.309 e. The predicted octanol–water partition coefficient (Wildman–Crippen LogP) is 3.92. The number of pyridine rings is 1. The van der Waals surface area contributed by atoms with Crippen LogP contribution in [0.4, 0.5) is 5.82 Å². The second kappa shape index (κ2) is 9.07. The lowest BCUT2D eigenvalue weighted by atomic mass is 10.1. The molecule has 0 atom stereocenters. The first kappa shape index (κ1) is 22.9. The molecule has 2 aromatic heterocycles. The van der Waals surface area contributed by atoms with Crippen molar-refractivity contribution in [1.82, 2.24) is 19.7 Å². The summed E-state index contributed by atoms with van der Waals surface area (Å²) in [6, 6.07) is 16.5. The van der Waals surface area contributed by atoms with Crippen LogP contribution in [0.1, 0.15) is 50.2 Å². The van der Waals surface area contributed by atoms with Crippen molar-refractivity contribution in [2.45, 2.75) is 26.7 Å². The second-order valence-electron chi connectivity index (χ2n) is 8.66. The highest BCUT2D eigenvalue weighted by Gasteiger charge is 2.34. The maximum atomic E-state index is 12.8. The number of anilines is 1. The molecule has 1 aliphatic rings. The average Bonchev–Trinajstić information content (AvgIpc) is 3.38. The van der Waals surface area contributed by atoms with Gasteiger partial charge in [0.2, 0.25) is 5.91 Å². The fourth-order valence-corrected chi connectivity index (χ4v) is 4.41. The molecule has 2 aromatic carbocycles. The van der Waals surface area contributed by atoms with Crippen molar-refractivity contribution in [3.8, 4) is 11.9 Å². The molecule has 0 spiro atoms. The summed E-state index contributed by atoms with van der Waals surface area (Å²) in [7, 11) is 0. The monoisotopic (exact) mass is 478 g/mol. The van der Waals surface area contributed by atoms with Crippen molar-refractivity contribution in [1.29, 1.82) is 5.26 Å². The highest BCUT2D eigenvalue weighted by molar-refractivity contribution is 6.21. The van der Waals surface area contributed by atoms with Gasteiger partial charge in [0, 0.05) is 18.4 Å². The van der Waals surface area contributed by atoms with Gasteiger partial charge in [-0.3, -0.25) is 19.3 Å². The van der Waals surface area contributed by atoms with Crippen LogP contribution in [0, 0.1) is 25.2 Å². The molecule has 9 nitrogen and oxygen atoms in total. The summed E-state index contributed by atoms with van der Waals surface area (Å²) < 4.78 is 1.44. The Bertz CT molecular complexity index is 1560. The minimum absolute atomic E-state index is 0.0484. The molecule has 4 aromatic rings. The van der Waals surface area contributed by atoms with Crippen LogP contribution in [0.5, 0.6) is 0 Å². The maximum Gasteiger partial charge on any atom is 0.261 e. The summed E-state index contributed by atoms with van der Waals surface area (Å²) in [6.45, 7) is 4.06. The molecule has 36 heavy (non-hydrogen) atoms. The molecule has 1 aliphatic heterocycles. The number of aromatic nitrogens is 3. The zero-order valence-electron chi connectivity index (χ0n) is 19.8. The number of hydrogen-bond donors (Lipinski definition) is 1. The number of nitrogens with zero attached hydrogens (tertiary/aromatic N) is 5. The zero-order chi connectivity index (χ0) is 25.4. The lowest BCUT2D eigenvalue weighted by molar-refractivity contribution is -0.116. The van der Waals surface area contributed by atoms with Crippen LogP contribution in [0.15, 0.2) is 54.7 Å². The standard InChI is InChI=1S/C27H22N6O3/c1-16-7-5-10-19-17(2)13-22(30-24(16)19)33-25(18(14-28)15-29-33)31-23(34)11-6-12-32-26(35)20-8-3-4-9-21(20)27(32)36/h3-5,7-10,13,15H,6,11-12H2,1-2H3,(H,31,34). The van der Waals surface area contributed by atoms with E-state index in [-0.39, 0.29) is 48.5 Å². The van der Waals surface area contributed by atoms with E-state index in [0.29, 0.717) is 16.9 Å². The van der Waals surface area contributed by atoms with E-state index in [0.717, 1.165) is 26.9 Å². The first-order chi connectivity index (χ1) is 17.4. The molecule has 3 amide bonds. The molecule has 5 rings (SSSR count). The molecule has 0 aliphatic carbocycles. The number of hydrogen-bond acceptors (Lipinski definition) is 6. The molecule has 0 saturated heterocycles. The fourth-order valence-electron chi connectivity index (χ4n) is 4.41. The Morgan fingerprint density at radius 2 is 1.75 bits per heavy atom. The van der Waals surface area contributed by atoms with Crippen molar-refractivity contribution in [3.63, 3.8) is 0 Å². The van der Waals surface area contributed by atoms with Crippen LogP contribution in [-0.2, 0) is 4.79 Å². The van der Waals surface area contributed by atoms with Gasteiger partial charge in [-0.2, -0.15) is 15.0 Å². The first-order valence-corrected chi connectivity index (χ1v) is 11.5. The Morgan fingerprint density at radius 3 is 2.44 bits per heavy atom. The van der Waals surface area contributed by atoms with E-state index in [4.69, 9.17) is 4.98 Å². The Kier molecular flexibility index (Phi) is 5.78. The number of amides is 3. The van der Waals surface area contributed by atoms with Crippen LogP contribution >= 0.6 is 0 Å². The van der Waals surface area contributed by atoms with Gasteiger partial charge in [-0.25, -0.2) is 4.98 Å². The van der Waals surface area contributed by atoms with Crippen molar-refractivity contribution < 1.29 is 14.4 Å². The van der Waals surface area contributed by atoms with E-state index >= 15 is 0 Å². The number of para-hydroxylation sites is 1. The summed E-state index contributed by atoms with van der Waals surface area (Å²) in [4.78, 5) is 43.7. The second-order valence-corrected chi connectivity index (χ2v) is 8.66. The number of fused-ring (bicyclic) bond motifs is 2. The third-order valence-electron chi connectivity index (χ3n) is 6.26. The van der Waals surface area contributed by atoms with E-state index in [1.54, 1.807) is 24.3 Å². The van der Waals surface area contributed by atoms with E-state index in [1.165, 1.54) is 10.9 Å². The third-order valence-corrected chi connectivity index (χ3v) is 6.26. The number of rotatable bonds is 6. The molecule has 9 heteroatoms. The summed E-state index contributed by atoms with van der Waals surface area (Å²) in [6.07, 6.45) is 1.71. The van der Waals surface area contributed by atoms with Gasteiger partial charge in [-0.05, 0) is 49.6 Å². The number of benzene rings is 2. The third kappa shape index (κ3) is 3.88. The number of nitriles is 1. The minimum Gasteiger partial charge on any atom is -0.309 e. The van der Waals surface area contributed by atoms with Crippen molar-refractivity contribution in [2.24, 2.45) is 0 Å². The van der Waals surface area contributed by atoms with Gasteiger partial charge in [0.1, 0.15) is 11.6 Å². The zero-order valence-corrected chi connectivity index (χ0v) is 19.8. The summed E-state index contributed by atoms with van der Waals surface area (Å²) >= 11 is 0. The summed E-state index contributed by atoms with van der Waals surface area (Å²) in [5, 5.41) is 17.6. The number of carbonyl (C=O) groups is 3. The molecule has 178 valence electrons. The number of aryl methyl sites for hydroxylation is 2. The highest BCUT2D eigenvalue weighted by atomic mass is 16.2. The molecule has 1 N–H and O–H groups in total. The van der Waals surface area contributed by atoms with Gasteiger partial charge in [0.15, 0.2) is 11.6 Å². The van der Waals surface area contributed by atoms with Gasteiger partial charge < -0.3 is 5.32 Å². The lowest BCUT2D eigenvalue weighted by Crippen LogP contribution is -2.31. The van der Waals surface area contributed by atoms with Gasteiger partial charge in [-0.15, -0.1) is 0 Å². The van der Waals surface area contributed by atoms with E-state index in [1.807, 2.05) is 38.1 Å². The molecular weight excluding hydrogens is 456 g/mol. The van der Waals surface area contributed by atoms with E-state index in [9.17, 15) is 19.6 Å². The van der Waals surface area contributed by atoms with Crippen LogP contribution in [0.3, 0.4) is 0 Å². The molecule has 0 radical (unpaired) electrons. The van der Waals surface area contributed by atoms with E-state index in [2.05, 4.69) is 16.5 Å². The average molecular weight is 479 g/mol. The normalized spacial score (nSPS) is 12.6. The predicted molar refractivity (Wildman–Crippen MR) is 133 cm³/mol. The molecule has 0 saturated carbocycles. The summed E-state index contributed by atoms with van der Waals surface area (Å²) in [5.74, 6) is -0.360. The minimum atomic E-state index is -0.362. The maximum absolute atomic E-state index is 12.8. The number of nitrogens with one attached hydrogen (secondary N) is 1.